The Labute approximate surface area is 198 Å². The first-order valence-corrected chi connectivity index (χ1v) is 11.7. The quantitative estimate of drug-likeness (QED) is 0.213. The highest BCUT2D eigenvalue weighted by Gasteiger charge is 2.36. The van der Waals surface area contributed by atoms with Gasteiger partial charge in [-0.1, -0.05) is 36.4 Å². The van der Waals surface area contributed by atoms with Crippen molar-refractivity contribution in [3.63, 3.8) is 0 Å². The molecule has 1 aliphatic rings. The molecule has 4 N–H and O–H groups in total. The molecule has 2 amide bonds. The topological polar surface area (TPSA) is 102 Å². The maximum atomic E-state index is 13.3. The van der Waals surface area contributed by atoms with Crippen molar-refractivity contribution in [3.05, 3.63) is 92.9 Å². The van der Waals surface area contributed by atoms with Crippen LogP contribution in [0.2, 0.25) is 0 Å². The normalized spacial score (nSPS) is 13.9. The predicted molar refractivity (Wildman–Crippen MR) is 136 cm³/mol. The van der Waals surface area contributed by atoms with E-state index in [1.165, 1.54) is 6.21 Å². The van der Waals surface area contributed by atoms with Crippen molar-refractivity contribution in [3.8, 4) is 0 Å². The molecular formula is C27H20N4O2S. The molecule has 0 fully saturated rings. The van der Waals surface area contributed by atoms with Crippen molar-refractivity contribution in [2.45, 2.75) is 13.3 Å². The lowest BCUT2D eigenvalue weighted by Crippen LogP contribution is -2.23. The summed E-state index contributed by atoms with van der Waals surface area (Å²) in [5.74, 6) is -0.770. The Kier molecular flexibility index (Phi) is 4.60. The molecule has 0 aliphatic carbocycles. The average molecular weight is 465 g/mol. The zero-order chi connectivity index (χ0) is 23.4. The van der Waals surface area contributed by atoms with Gasteiger partial charge in [-0.3, -0.25) is 14.9 Å². The number of benzene rings is 2. The van der Waals surface area contributed by atoms with Crippen molar-refractivity contribution in [1.29, 1.82) is 5.41 Å². The second kappa shape index (κ2) is 7.67. The standard InChI is InChI=1S/C27H20N4O2S/c1-14-22(17-6-2-4-8-19(17)29-14)24-25(27(33)31-26(24)32)23-18-7-3-5-9-20(18)30-21(23)12-15-10-11-16(13-28)34-15/h2-11,13,28-30H,12H2,1H3,(H,31,32,33). The second-order valence-electron chi connectivity index (χ2n) is 8.35. The van der Waals surface area contributed by atoms with E-state index in [4.69, 9.17) is 5.41 Å². The summed E-state index contributed by atoms with van der Waals surface area (Å²) in [6.07, 6.45) is 1.90. The number of hydrogen-bond acceptors (Lipinski definition) is 4. The minimum absolute atomic E-state index is 0.383. The number of rotatable bonds is 5. The average Bonchev–Trinajstić information content (AvgIpc) is 3.57. The third-order valence-corrected chi connectivity index (χ3v) is 7.32. The highest BCUT2D eigenvalue weighted by atomic mass is 32.1. The molecule has 166 valence electrons. The molecule has 0 saturated carbocycles. The van der Waals surface area contributed by atoms with Gasteiger partial charge in [0.15, 0.2) is 0 Å². The molecule has 2 aromatic carbocycles. The molecule has 3 aromatic heterocycles. The fourth-order valence-corrected chi connectivity index (χ4v) is 5.74. The van der Waals surface area contributed by atoms with Crippen LogP contribution in [-0.2, 0) is 16.0 Å². The maximum absolute atomic E-state index is 13.3. The maximum Gasteiger partial charge on any atom is 0.259 e. The van der Waals surface area contributed by atoms with Gasteiger partial charge in [0.1, 0.15) is 0 Å². The zero-order valence-corrected chi connectivity index (χ0v) is 19.1. The Morgan fingerprint density at radius 2 is 1.44 bits per heavy atom. The fraction of sp³-hybridized carbons (Fsp3) is 0.0741. The van der Waals surface area contributed by atoms with Crippen molar-refractivity contribution in [2.24, 2.45) is 0 Å². The Morgan fingerprint density at radius 3 is 2.12 bits per heavy atom. The van der Waals surface area contributed by atoms with Gasteiger partial charge in [0, 0.05) is 66.7 Å². The summed E-state index contributed by atoms with van der Waals surface area (Å²) in [5.41, 5.74) is 5.85. The number of imide groups is 1. The van der Waals surface area contributed by atoms with Crippen LogP contribution < -0.4 is 5.32 Å². The van der Waals surface area contributed by atoms with E-state index in [-0.39, 0.29) is 11.8 Å². The van der Waals surface area contributed by atoms with E-state index < -0.39 is 0 Å². The molecule has 0 unspecified atom stereocenters. The SMILES string of the molecule is Cc1[nH]c2ccccc2c1C1=C(c2c(Cc3ccc(C=N)s3)[nH]c3ccccc23)C(=O)NC1=O. The van der Waals surface area contributed by atoms with Crippen molar-refractivity contribution in [2.75, 3.05) is 0 Å². The third kappa shape index (κ3) is 3.05. The first-order valence-electron chi connectivity index (χ1n) is 10.9. The number of carbonyl (C=O) groups is 2. The number of carbonyl (C=O) groups excluding carboxylic acids is 2. The molecule has 6 nitrogen and oxygen atoms in total. The Bertz CT molecular complexity index is 1680. The molecule has 1 aliphatic heterocycles. The number of nitrogens with one attached hydrogen (secondary N) is 4. The van der Waals surface area contributed by atoms with Gasteiger partial charge in [0.05, 0.1) is 11.1 Å². The molecule has 0 saturated heterocycles. The van der Waals surface area contributed by atoms with Crippen molar-refractivity contribution >= 4 is 62.3 Å². The molecule has 0 bridgehead atoms. The van der Waals surface area contributed by atoms with E-state index >= 15 is 0 Å². The molecular weight excluding hydrogens is 444 g/mol. The van der Waals surface area contributed by atoms with Gasteiger partial charge in [0.25, 0.3) is 11.8 Å². The Balaban J connectivity index is 1.65. The Morgan fingerprint density at radius 1 is 0.824 bits per heavy atom. The summed E-state index contributed by atoms with van der Waals surface area (Å²) in [5, 5.41) is 11.9. The number of aryl methyl sites for hydroxylation is 1. The third-order valence-electron chi connectivity index (χ3n) is 6.28. The van der Waals surface area contributed by atoms with E-state index in [2.05, 4.69) is 15.3 Å². The van der Waals surface area contributed by atoms with Crippen LogP contribution in [0.25, 0.3) is 33.0 Å². The number of aromatic amines is 2. The number of thiophene rings is 1. The van der Waals surface area contributed by atoms with Crippen LogP contribution in [0.15, 0.2) is 60.7 Å². The number of fused-ring (bicyclic) bond motifs is 2. The summed E-state index contributed by atoms with van der Waals surface area (Å²) in [4.78, 5) is 35.3. The number of amides is 2. The van der Waals surface area contributed by atoms with Crippen LogP contribution in [0, 0.1) is 12.3 Å². The molecule has 5 aromatic rings. The number of hydrogen-bond donors (Lipinski definition) is 4. The van der Waals surface area contributed by atoms with E-state index in [1.54, 1.807) is 11.3 Å². The Hall–Kier alpha value is -4.23. The minimum Gasteiger partial charge on any atom is -0.358 e. The summed E-state index contributed by atoms with van der Waals surface area (Å²) in [6, 6.07) is 19.6. The monoisotopic (exact) mass is 464 g/mol. The van der Waals surface area contributed by atoms with Gasteiger partial charge in [-0.05, 0) is 31.2 Å². The van der Waals surface area contributed by atoms with Gasteiger partial charge < -0.3 is 15.4 Å². The van der Waals surface area contributed by atoms with E-state index in [0.29, 0.717) is 17.6 Å². The first kappa shape index (κ1) is 20.4. The molecule has 6 rings (SSSR count). The van der Waals surface area contributed by atoms with Gasteiger partial charge in [-0.2, -0.15) is 0 Å². The lowest BCUT2D eigenvalue weighted by molar-refractivity contribution is -0.122. The fourth-order valence-electron chi connectivity index (χ4n) is 4.89. The number of H-pyrrole nitrogens is 2. The zero-order valence-electron chi connectivity index (χ0n) is 18.3. The van der Waals surface area contributed by atoms with Crippen LogP contribution >= 0.6 is 11.3 Å². The van der Waals surface area contributed by atoms with Crippen LogP contribution in [0.1, 0.15) is 32.3 Å². The summed E-state index contributed by atoms with van der Waals surface area (Å²) in [6.45, 7) is 1.93. The van der Waals surface area contributed by atoms with Gasteiger partial charge >= 0.3 is 0 Å². The first-order chi connectivity index (χ1) is 16.5. The highest BCUT2D eigenvalue weighted by molar-refractivity contribution is 7.13. The van der Waals surface area contributed by atoms with Crippen LogP contribution in [0.3, 0.4) is 0 Å². The van der Waals surface area contributed by atoms with E-state index in [0.717, 1.165) is 54.1 Å². The summed E-state index contributed by atoms with van der Waals surface area (Å²) in [7, 11) is 0. The van der Waals surface area contributed by atoms with Crippen molar-refractivity contribution < 1.29 is 9.59 Å². The molecule has 0 radical (unpaired) electrons. The molecule has 34 heavy (non-hydrogen) atoms. The number of aromatic nitrogens is 2. The van der Waals surface area contributed by atoms with Crippen LogP contribution in [0.5, 0.6) is 0 Å². The largest absolute Gasteiger partial charge is 0.358 e. The number of para-hydroxylation sites is 2. The smallest absolute Gasteiger partial charge is 0.259 e. The van der Waals surface area contributed by atoms with Gasteiger partial charge in [-0.25, -0.2) is 0 Å². The lowest BCUT2D eigenvalue weighted by atomic mass is 9.92. The van der Waals surface area contributed by atoms with E-state index in [1.807, 2.05) is 67.6 Å². The second-order valence-corrected chi connectivity index (χ2v) is 9.55. The summed E-state index contributed by atoms with van der Waals surface area (Å²) >= 11 is 1.54. The van der Waals surface area contributed by atoms with Crippen LogP contribution in [0.4, 0.5) is 0 Å². The molecule has 0 spiro atoms. The molecule has 0 atom stereocenters. The molecule has 7 heteroatoms. The van der Waals surface area contributed by atoms with Gasteiger partial charge in [-0.15, -0.1) is 11.3 Å². The minimum atomic E-state index is -0.387. The van der Waals surface area contributed by atoms with Crippen molar-refractivity contribution in [1.82, 2.24) is 15.3 Å². The summed E-state index contributed by atoms with van der Waals surface area (Å²) < 4.78 is 0. The molecule has 4 heterocycles. The highest BCUT2D eigenvalue weighted by Crippen LogP contribution is 2.41. The van der Waals surface area contributed by atoms with Gasteiger partial charge in [0.2, 0.25) is 0 Å². The predicted octanol–water partition coefficient (Wildman–Crippen LogP) is 5.17. The van der Waals surface area contributed by atoms with E-state index in [9.17, 15) is 9.59 Å². The van der Waals surface area contributed by atoms with Crippen LogP contribution in [-0.4, -0.2) is 28.0 Å². The lowest BCUT2D eigenvalue weighted by Gasteiger charge is -2.08.